The molecule has 0 aliphatic heterocycles. The van der Waals surface area contributed by atoms with Crippen LogP contribution in [0, 0.1) is 0 Å². The van der Waals surface area contributed by atoms with Crippen LogP contribution in [-0.4, -0.2) is 38.1 Å². The van der Waals surface area contributed by atoms with E-state index in [4.69, 9.17) is 9.47 Å². The van der Waals surface area contributed by atoms with Gasteiger partial charge in [0.05, 0.1) is 57.8 Å². The number of hydrogen-bond acceptors (Lipinski definition) is 8. The average Bonchev–Trinajstić information content (AvgIpc) is 2.84. The molecule has 0 fully saturated rings. The fraction of sp³-hybridized carbons (Fsp3) is 0.360. The Morgan fingerprint density at radius 2 is 0.865 bits per heavy atom. The zero-order valence-electron chi connectivity index (χ0n) is 20.4. The van der Waals surface area contributed by atoms with Crippen LogP contribution in [-0.2, 0) is 34.1 Å². The molecule has 8 nitrogen and oxygen atoms in total. The average molecular weight is 772 g/mol. The number of ether oxygens (including phenoxy) is 4. The van der Waals surface area contributed by atoms with Crippen molar-refractivity contribution in [2.75, 3.05) is 14.2 Å². The third-order valence-electron chi connectivity index (χ3n) is 5.39. The number of hydrogen-bond donors (Lipinski definition) is 0. The van der Waals surface area contributed by atoms with Gasteiger partial charge in [-0.3, -0.25) is 19.2 Å². The summed E-state index contributed by atoms with van der Waals surface area (Å²) in [6.45, 7) is 4.03. The Kier molecular flexibility index (Phi) is 11.8. The van der Waals surface area contributed by atoms with Crippen molar-refractivity contribution in [3.05, 3.63) is 53.3 Å². The Hall–Kier alpha value is -1.76. The van der Waals surface area contributed by atoms with E-state index in [1.165, 1.54) is 14.2 Å². The van der Waals surface area contributed by atoms with Gasteiger partial charge in [-0.25, -0.2) is 0 Å². The Morgan fingerprint density at radius 3 is 1.14 bits per heavy atom. The van der Waals surface area contributed by atoms with Crippen molar-refractivity contribution in [1.29, 1.82) is 0 Å². The monoisotopic (exact) mass is 768 g/mol. The molecule has 0 saturated carbocycles. The molecule has 37 heavy (non-hydrogen) atoms. The van der Waals surface area contributed by atoms with Crippen LogP contribution >= 0.6 is 63.7 Å². The number of benzene rings is 2. The molecule has 0 aromatic heterocycles. The number of rotatable bonds is 10. The van der Waals surface area contributed by atoms with Crippen molar-refractivity contribution >= 4 is 87.6 Å². The quantitative estimate of drug-likeness (QED) is 0.193. The van der Waals surface area contributed by atoms with Crippen molar-refractivity contribution in [2.45, 2.75) is 44.9 Å². The van der Waals surface area contributed by atoms with Crippen LogP contribution in [0.3, 0.4) is 0 Å². The first-order valence-corrected chi connectivity index (χ1v) is 14.0. The minimum absolute atomic E-state index is 0.0734. The largest absolute Gasteiger partial charge is 0.469 e. The normalized spacial score (nSPS) is 11.0. The summed E-state index contributed by atoms with van der Waals surface area (Å²) in [7, 11) is 2.51. The van der Waals surface area contributed by atoms with E-state index in [1.54, 1.807) is 0 Å². The zero-order chi connectivity index (χ0) is 27.9. The van der Waals surface area contributed by atoms with Crippen molar-refractivity contribution < 1.29 is 38.1 Å². The van der Waals surface area contributed by atoms with E-state index in [0.717, 1.165) is 11.1 Å². The lowest BCUT2D eigenvalue weighted by atomic mass is 9.78. The molecule has 200 valence electrons. The molecule has 2 aromatic rings. The molecule has 0 N–H and O–H groups in total. The van der Waals surface area contributed by atoms with E-state index in [0.29, 0.717) is 29.4 Å². The Labute approximate surface area is 248 Å². The molecule has 0 radical (unpaired) electrons. The van der Waals surface area contributed by atoms with Crippen molar-refractivity contribution in [1.82, 2.24) is 0 Å². The highest BCUT2D eigenvalue weighted by Gasteiger charge is 2.28. The molecule has 0 amide bonds. The summed E-state index contributed by atoms with van der Waals surface area (Å²) < 4.78 is 22.2. The topological polar surface area (TPSA) is 105 Å². The van der Waals surface area contributed by atoms with Gasteiger partial charge in [-0.1, -0.05) is 13.8 Å². The van der Waals surface area contributed by atoms with Gasteiger partial charge < -0.3 is 18.9 Å². The summed E-state index contributed by atoms with van der Waals surface area (Å²) in [4.78, 5) is 46.9. The minimum atomic E-state index is -0.566. The van der Waals surface area contributed by atoms with Gasteiger partial charge in [0.25, 0.3) is 0 Å². The number of halogens is 4. The van der Waals surface area contributed by atoms with E-state index < -0.39 is 29.3 Å². The lowest BCUT2D eigenvalue weighted by Crippen LogP contribution is -2.20. The summed E-state index contributed by atoms with van der Waals surface area (Å²) >= 11 is 13.9. The molecule has 0 heterocycles. The highest BCUT2D eigenvalue weighted by Crippen LogP contribution is 2.44. The maximum absolute atomic E-state index is 12.2. The van der Waals surface area contributed by atoms with Gasteiger partial charge in [-0.05, 0) is 99.1 Å². The molecular formula is C25H24Br4O8. The van der Waals surface area contributed by atoms with E-state index >= 15 is 0 Å². The summed E-state index contributed by atoms with van der Waals surface area (Å²) in [6, 6.07) is 7.37. The summed E-state index contributed by atoms with van der Waals surface area (Å²) in [6.07, 6.45) is -0.368. The van der Waals surface area contributed by atoms with Gasteiger partial charge in [0.2, 0.25) is 0 Å². The van der Waals surface area contributed by atoms with Crippen LogP contribution in [0.15, 0.2) is 42.2 Å². The highest BCUT2D eigenvalue weighted by molar-refractivity contribution is 9.11. The second-order valence-corrected chi connectivity index (χ2v) is 11.7. The van der Waals surface area contributed by atoms with E-state index in [-0.39, 0.29) is 25.7 Å². The summed E-state index contributed by atoms with van der Waals surface area (Å²) in [5.41, 5.74) is 1.25. The van der Waals surface area contributed by atoms with Gasteiger partial charge in [0.15, 0.2) is 11.5 Å². The minimum Gasteiger partial charge on any atom is -0.469 e. The van der Waals surface area contributed by atoms with Gasteiger partial charge in [-0.15, -0.1) is 0 Å². The molecule has 2 rings (SSSR count). The lowest BCUT2D eigenvalue weighted by molar-refractivity contribution is -0.144. The third kappa shape index (κ3) is 8.62. The number of carbonyl (C=O) groups is 4. The van der Waals surface area contributed by atoms with Gasteiger partial charge in [-0.2, -0.15) is 0 Å². The Morgan fingerprint density at radius 1 is 0.595 bits per heavy atom. The van der Waals surface area contributed by atoms with Crippen LogP contribution in [0.1, 0.15) is 50.7 Å². The second kappa shape index (κ2) is 13.9. The molecule has 0 bridgehead atoms. The molecule has 12 heteroatoms. The van der Waals surface area contributed by atoms with Crippen molar-refractivity contribution in [3.8, 4) is 11.5 Å². The maximum atomic E-state index is 12.2. The number of esters is 4. The van der Waals surface area contributed by atoms with Crippen LogP contribution in [0.2, 0.25) is 0 Å². The first-order valence-electron chi connectivity index (χ1n) is 10.8. The fourth-order valence-corrected chi connectivity index (χ4v) is 5.84. The van der Waals surface area contributed by atoms with Crippen LogP contribution in [0.5, 0.6) is 11.5 Å². The van der Waals surface area contributed by atoms with Crippen molar-refractivity contribution in [2.24, 2.45) is 0 Å². The molecule has 2 aromatic carbocycles. The Bertz CT molecular complexity index is 1070. The van der Waals surface area contributed by atoms with Gasteiger partial charge in [0, 0.05) is 5.41 Å². The van der Waals surface area contributed by atoms with Crippen LogP contribution in [0.25, 0.3) is 0 Å². The number of carbonyl (C=O) groups excluding carboxylic acids is 4. The SMILES string of the molecule is COC(=O)CCC(=O)Oc1c(Br)cc(C(C)(C)c2cc(Br)c(OC(=O)CCC(=O)OC)c(Br)c2)cc1Br. The molecule has 0 unspecified atom stereocenters. The predicted octanol–water partition coefficient (Wildman–Crippen LogP) is 6.78. The highest BCUT2D eigenvalue weighted by atomic mass is 79.9. The van der Waals surface area contributed by atoms with Gasteiger partial charge >= 0.3 is 23.9 Å². The molecule has 0 spiro atoms. The molecular weight excluding hydrogens is 748 g/mol. The first kappa shape index (κ1) is 31.5. The molecule has 0 aliphatic carbocycles. The van der Waals surface area contributed by atoms with E-state index in [1.807, 2.05) is 38.1 Å². The fourth-order valence-electron chi connectivity index (χ4n) is 3.15. The smallest absolute Gasteiger partial charge is 0.311 e. The van der Waals surface area contributed by atoms with Gasteiger partial charge in [0.1, 0.15) is 0 Å². The maximum Gasteiger partial charge on any atom is 0.311 e. The van der Waals surface area contributed by atoms with Crippen LogP contribution in [0.4, 0.5) is 0 Å². The number of methoxy groups -OCH3 is 2. The predicted molar refractivity (Wildman–Crippen MR) is 150 cm³/mol. The molecule has 0 atom stereocenters. The zero-order valence-corrected chi connectivity index (χ0v) is 26.8. The lowest BCUT2D eigenvalue weighted by Gasteiger charge is -2.28. The molecule has 0 aliphatic rings. The van der Waals surface area contributed by atoms with Crippen molar-refractivity contribution in [3.63, 3.8) is 0 Å². The Balaban J connectivity index is 2.26. The third-order valence-corrected chi connectivity index (χ3v) is 7.75. The summed E-state index contributed by atoms with van der Waals surface area (Å²) in [5.74, 6) is -1.53. The first-order chi connectivity index (χ1) is 17.3. The van der Waals surface area contributed by atoms with E-state index in [2.05, 4.69) is 73.2 Å². The molecule has 0 saturated heterocycles. The standard InChI is InChI=1S/C25H24Br4O8/c1-25(2,13-9-15(26)23(16(27)10-13)36-21(32)7-5-19(30)34-3)14-11-17(28)24(18(29)12-14)37-22(33)8-6-20(31)35-4/h9-12H,5-8H2,1-4H3. The van der Waals surface area contributed by atoms with Crippen LogP contribution < -0.4 is 9.47 Å². The van der Waals surface area contributed by atoms with E-state index in [9.17, 15) is 19.2 Å². The summed E-state index contributed by atoms with van der Waals surface area (Å²) in [5, 5.41) is 0. The second-order valence-electron chi connectivity index (χ2n) is 8.26.